The van der Waals surface area contributed by atoms with Gasteiger partial charge in [0.25, 0.3) is 0 Å². The standard InChI is InChI=1S/C13H21N3O/c1-16(6-7-17-10-11-2-3-11)13-4-5-15-9-12(13)8-14/h4-5,9,11H,2-3,6-8,10,14H2,1H3. The highest BCUT2D eigenvalue weighted by Gasteiger charge is 2.21. The van der Waals surface area contributed by atoms with Crippen LogP contribution in [-0.2, 0) is 11.3 Å². The second-order valence-electron chi connectivity index (χ2n) is 4.65. The molecule has 1 heterocycles. The van der Waals surface area contributed by atoms with Gasteiger partial charge in [-0.1, -0.05) is 0 Å². The van der Waals surface area contributed by atoms with E-state index in [-0.39, 0.29) is 0 Å². The molecule has 0 aliphatic heterocycles. The van der Waals surface area contributed by atoms with E-state index in [1.807, 2.05) is 12.3 Å². The third kappa shape index (κ3) is 3.68. The van der Waals surface area contributed by atoms with Gasteiger partial charge in [-0.25, -0.2) is 0 Å². The second kappa shape index (κ2) is 5.98. The molecule has 0 amide bonds. The first-order valence-electron chi connectivity index (χ1n) is 6.23. The van der Waals surface area contributed by atoms with Gasteiger partial charge in [-0.2, -0.15) is 0 Å². The molecule has 1 aromatic heterocycles. The summed E-state index contributed by atoms with van der Waals surface area (Å²) in [5.41, 5.74) is 7.92. The van der Waals surface area contributed by atoms with Gasteiger partial charge in [-0.15, -0.1) is 0 Å². The van der Waals surface area contributed by atoms with Gasteiger partial charge in [0, 0.05) is 50.4 Å². The molecule has 1 saturated carbocycles. The van der Waals surface area contributed by atoms with E-state index in [0.29, 0.717) is 6.54 Å². The average molecular weight is 235 g/mol. The minimum Gasteiger partial charge on any atom is -0.379 e. The van der Waals surface area contributed by atoms with Crippen LogP contribution in [0.15, 0.2) is 18.5 Å². The van der Waals surface area contributed by atoms with Gasteiger partial charge in [0.05, 0.1) is 6.61 Å². The van der Waals surface area contributed by atoms with Crippen LogP contribution < -0.4 is 10.6 Å². The predicted molar refractivity (Wildman–Crippen MR) is 68.9 cm³/mol. The lowest BCUT2D eigenvalue weighted by molar-refractivity contribution is 0.131. The molecule has 0 bridgehead atoms. The molecule has 0 unspecified atom stereocenters. The molecule has 1 aromatic rings. The average Bonchev–Trinajstić information content (AvgIpc) is 3.18. The third-order valence-corrected chi connectivity index (χ3v) is 3.13. The lowest BCUT2D eigenvalue weighted by Gasteiger charge is -2.21. The van der Waals surface area contributed by atoms with Crippen molar-refractivity contribution >= 4 is 5.69 Å². The number of nitrogens with zero attached hydrogens (tertiary/aromatic N) is 2. The molecular weight excluding hydrogens is 214 g/mol. The van der Waals surface area contributed by atoms with Crippen molar-refractivity contribution in [3.8, 4) is 0 Å². The Bertz CT molecular complexity index is 352. The number of anilines is 1. The fraction of sp³-hybridized carbons (Fsp3) is 0.615. The number of nitrogens with two attached hydrogens (primary N) is 1. The van der Waals surface area contributed by atoms with E-state index in [0.717, 1.165) is 36.9 Å². The van der Waals surface area contributed by atoms with Crippen LogP contribution in [0, 0.1) is 5.92 Å². The molecule has 0 radical (unpaired) electrons. The van der Waals surface area contributed by atoms with Gasteiger partial charge in [0.2, 0.25) is 0 Å². The summed E-state index contributed by atoms with van der Waals surface area (Å²) in [6.07, 6.45) is 6.32. The van der Waals surface area contributed by atoms with Crippen LogP contribution >= 0.6 is 0 Å². The normalized spacial score (nSPS) is 14.9. The minimum atomic E-state index is 0.524. The van der Waals surface area contributed by atoms with E-state index in [4.69, 9.17) is 10.5 Å². The topological polar surface area (TPSA) is 51.4 Å². The molecule has 2 N–H and O–H groups in total. The number of aromatic nitrogens is 1. The summed E-state index contributed by atoms with van der Waals surface area (Å²) in [7, 11) is 2.06. The second-order valence-corrected chi connectivity index (χ2v) is 4.65. The molecule has 4 heteroatoms. The quantitative estimate of drug-likeness (QED) is 0.726. The summed E-state index contributed by atoms with van der Waals surface area (Å²) in [6, 6.07) is 2.00. The molecule has 0 spiro atoms. The summed E-state index contributed by atoms with van der Waals surface area (Å²) >= 11 is 0. The Balaban J connectivity index is 1.78. The molecule has 1 aliphatic rings. The number of likely N-dealkylation sites (N-methyl/N-ethyl adjacent to an activating group) is 1. The van der Waals surface area contributed by atoms with Crippen molar-refractivity contribution in [3.05, 3.63) is 24.0 Å². The summed E-state index contributed by atoms with van der Waals surface area (Å²) in [5, 5.41) is 0. The van der Waals surface area contributed by atoms with E-state index < -0.39 is 0 Å². The molecule has 17 heavy (non-hydrogen) atoms. The van der Waals surface area contributed by atoms with Crippen molar-refractivity contribution in [3.63, 3.8) is 0 Å². The van der Waals surface area contributed by atoms with Crippen LogP contribution in [0.1, 0.15) is 18.4 Å². The van der Waals surface area contributed by atoms with Crippen LogP contribution in [0.4, 0.5) is 5.69 Å². The Hall–Kier alpha value is -1.13. The van der Waals surface area contributed by atoms with Crippen LogP contribution in [0.25, 0.3) is 0 Å². The number of ether oxygens (including phenoxy) is 1. The van der Waals surface area contributed by atoms with Gasteiger partial charge >= 0.3 is 0 Å². The lowest BCUT2D eigenvalue weighted by atomic mass is 10.2. The van der Waals surface area contributed by atoms with Gasteiger partial charge in [-0.3, -0.25) is 4.98 Å². The molecule has 0 saturated heterocycles. The molecule has 94 valence electrons. The van der Waals surface area contributed by atoms with Crippen LogP contribution in [0.5, 0.6) is 0 Å². The predicted octanol–water partition coefficient (Wildman–Crippen LogP) is 1.40. The molecule has 0 atom stereocenters. The number of hydrogen-bond donors (Lipinski definition) is 1. The van der Waals surface area contributed by atoms with Crippen molar-refractivity contribution in [1.29, 1.82) is 0 Å². The lowest BCUT2D eigenvalue weighted by Crippen LogP contribution is -2.24. The minimum absolute atomic E-state index is 0.524. The van der Waals surface area contributed by atoms with Crippen molar-refractivity contribution in [2.24, 2.45) is 11.7 Å². The maximum atomic E-state index is 5.69. The highest BCUT2D eigenvalue weighted by atomic mass is 16.5. The van der Waals surface area contributed by atoms with E-state index >= 15 is 0 Å². The molecule has 1 fully saturated rings. The number of hydrogen-bond acceptors (Lipinski definition) is 4. The van der Waals surface area contributed by atoms with E-state index in [1.165, 1.54) is 12.8 Å². The first kappa shape index (κ1) is 12.3. The Kier molecular flexibility index (Phi) is 4.34. The molecule has 2 rings (SSSR count). The van der Waals surface area contributed by atoms with E-state index in [1.54, 1.807) is 6.20 Å². The van der Waals surface area contributed by atoms with Crippen molar-refractivity contribution in [2.75, 3.05) is 31.7 Å². The van der Waals surface area contributed by atoms with Gasteiger partial charge in [-0.05, 0) is 24.8 Å². The molecular formula is C13H21N3O. The first-order chi connectivity index (χ1) is 8.31. The van der Waals surface area contributed by atoms with Gasteiger partial charge in [0.1, 0.15) is 0 Å². The van der Waals surface area contributed by atoms with Crippen LogP contribution in [-0.4, -0.2) is 31.8 Å². The van der Waals surface area contributed by atoms with Crippen molar-refractivity contribution < 1.29 is 4.74 Å². The van der Waals surface area contributed by atoms with Crippen LogP contribution in [0.3, 0.4) is 0 Å². The molecule has 4 nitrogen and oxygen atoms in total. The van der Waals surface area contributed by atoms with Crippen molar-refractivity contribution in [1.82, 2.24) is 4.98 Å². The number of pyridine rings is 1. The zero-order valence-corrected chi connectivity index (χ0v) is 10.4. The Morgan fingerprint density at radius 1 is 1.53 bits per heavy atom. The van der Waals surface area contributed by atoms with Gasteiger partial charge < -0.3 is 15.4 Å². The molecule has 0 aromatic carbocycles. The molecule has 1 aliphatic carbocycles. The Labute approximate surface area is 103 Å². The fourth-order valence-corrected chi connectivity index (χ4v) is 1.81. The monoisotopic (exact) mass is 235 g/mol. The summed E-state index contributed by atoms with van der Waals surface area (Å²) in [5.74, 6) is 0.834. The van der Waals surface area contributed by atoms with Crippen molar-refractivity contribution in [2.45, 2.75) is 19.4 Å². The summed E-state index contributed by atoms with van der Waals surface area (Å²) in [6.45, 7) is 3.12. The fourth-order valence-electron chi connectivity index (χ4n) is 1.81. The Morgan fingerprint density at radius 2 is 2.35 bits per heavy atom. The summed E-state index contributed by atoms with van der Waals surface area (Å²) in [4.78, 5) is 6.27. The maximum absolute atomic E-state index is 5.69. The highest BCUT2D eigenvalue weighted by Crippen LogP contribution is 2.28. The van der Waals surface area contributed by atoms with Gasteiger partial charge in [0.15, 0.2) is 0 Å². The Morgan fingerprint density at radius 3 is 3.06 bits per heavy atom. The zero-order chi connectivity index (χ0) is 12.1. The SMILES string of the molecule is CN(CCOCC1CC1)c1ccncc1CN. The zero-order valence-electron chi connectivity index (χ0n) is 10.4. The van der Waals surface area contributed by atoms with E-state index in [9.17, 15) is 0 Å². The van der Waals surface area contributed by atoms with E-state index in [2.05, 4.69) is 16.9 Å². The highest BCUT2D eigenvalue weighted by molar-refractivity contribution is 5.51. The smallest absolute Gasteiger partial charge is 0.0641 e. The third-order valence-electron chi connectivity index (χ3n) is 3.13. The summed E-state index contributed by atoms with van der Waals surface area (Å²) < 4.78 is 5.63. The van der Waals surface area contributed by atoms with Crippen LogP contribution in [0.2, 0.25) is 0 Å². The number of rotatable bonds is 7. The largest absolute Gasteiger partial charge is 0.379 e. The first-order valence-corrected chi connectivity index (χ1v) is 6.23. The maximum Gasteiger partial charge on any atom is 0.0641 e.